The van der Waals surface area contributed by atoms with Crippen molar-refractivity contribution in [2.75, 3.05) is 0 Å². The second-order valence-corrected chi connectivity index (χ2v) is 10.9. The third-order valence-electron chi connectivity index (χ3n) is 8.20. The van der Waals surface area contributed by atoms with E-state index < -0.39 is 0 Å². The van der Waals surface area contributed by atoms with Crippen LogP contribution in [0.15, 0.2) is 21.2 Å². The van der Waals surface area contributed by atoms with Crippen molar-refractivity contribution in [1.29, 1.82) is 0 Å². The first kappa shape index (κ1) is 22.4. The molecule has 4 bridgehead atoms. The molecule has 4 fully saturated rings. The number of aromatic nitrogens is 4. The summed E-state index contributed by atoms with van der Waals surface area (Å²) >= 11 is 0. The van der Waals surface area contributed by atoms with Crippen LogP contribution in [0.5, 0.6) is 0 Å². The third kappa shape index (κ3) is 4.14. The molecule has 0 spiro atoms. The zero-order valence-corrected chi connectivity index (χ0v) is 20.4. The lowest BCUT2D eigenvalue weighted by atomic mass is 9.89. The van der Waals surface area contributed by atoms with Gasteiger partial charge in [0.25, 0.3) is 11.8 Å². The minimum Gasteiger partial charge on any atom is -0.334 e. The van der Waals surface area contributed by atoms with Crippen LogP contribution in [0.1, 0.15) is 106 Å². The van der Waals surface area contributed by atoms with Gasteiger partial charge in [-0.25, -0.2) is 0 Å². The molecule has 2 aromatic rings. The highest BCUT2D eigenvalue weighted by atomic mass is 35.5. The Balaban J connectivity index is 0.000000124. The number of hydrogen-bond donors (Lipinski definition) is 2. The van der Waals surface area contributed by atoms with Crippen LogP contribution >= 0.6 is 12.4 Å². The lowest BCUT2D eigenvalue weighted by Crippen LogP contribution is -2.43. The molecule has 9 heteroatoms. The maximum Gasteiger partial charge on any atom is 0.255 e. The number of nitrogens with one attached hydrogen (secondary N) is 2. The Hall–Kier alpha value is -2.03. The molecule has 0 radical (unpaired) electrons. The fourth-order valence-corrected chi connectivity index (χ4v) is 5.86. The van der Waals surface area contributed by atoms with Crippen molar-refractivity contribution in [1.82, 2.24) is 30.9 Å². The molecule has 8 nitrogen and oxygen atoms in total. The molecule has 34 heavy (non-hydrogen) atoms. The standard InChI is InChI=1S/C13H17N3O.C12H15N3O.ClH/c1-13-7-6-9(15-13)4-5-10(13)12-14-11(16-17-12)8-2-3-8;1-2-7(1)11-14-12(16-15-11)9-5-3-8-4-6-10(9)13-8;/h5,8-9,15H,2-4,6-7H2,1H3;5,7-8,10,13H,1-4,6H2;1H. The van der Waals surface area contributed by atoms with Crippen molar-refractivity contribution in [3.8, 4) is 0 Å². The van der Waals surface area contributed by atoms with E-state index in [0.717, 1.165) is 36.3 Å². The van der Waals surface area contributed by atoms with Gasteiger partial charge in [0.1, 0.15) is 0 Å². The molecule has 2 N–H and O–H groups in total. The van der Waals surface area contributed by atoms with E-state index in [1.54, 1.807) is 0 Å². The zero-order chi connectivity index (χ0) is 22.0. The summed E-state index contributed by atoms with van der Waals surface area (Å²) in [6.07, 6.45) is 16.5. The lowest BCUT2D eigenvalue weighted by molar-refractivity contribution is 0.383. The normalized spacial score (nSPS) is 33.5. The summed E-state index contributed by atoms with van der Waals surface area (Å²) in [5.74, 6) is 4.45. The molecule has 2 aromatic heterocycles. The predicted octanol–water partition coefficient (Wildman–Crippen LogP) is 4.52. The van der Waals surface area contributed by atoms with Gasteiger partial charge in [-0.2, -0.15) is 9.97 Å². The topological polar surface area (TPSA) is 102 Å². The molecule has 8 rings (SSSR count). The van der Waals surface area contributed by atoms with Gasteiger partial charge in [-0.15, -0.1) is 12.4 Å². The van der Waals surface area contributed by atoms with Crippen molar-refractivity contribution in [3.63, 3.8) is 0 Å². The van der Waals surface area contributed by atoms with E-state index in [4.69, 9.17) is 9.05 Å². The molecule has 2 saturated heterocycles. The fourth-order valence-electron chi connectivity index (χ4n) is 5.86. The Labute approximate surface area is 205 Å². The predicted molar refractivity (Wildman–Crippen MR) is 129 cm³/mol. The fraction of sp³-hybridized carbons (Fsp3) is 0.680. The van der Waals surface area contributed by atoms with E-state index >= 15 is 0 Å². The highest BCUT2D eigenvalue weighted by Crippen LogP contribution is 2.43. The van der Waals surface area contributed by atoms with Gasteiger partial charge in [-0.1, -0.05) is 22.5 Å². The van der Waals surface area contributed by atoms with Crippen LogP contribution in [0.2, 0.25) is 0 Å². The number of hydrogen-bond acceptors (Lipinski definition) is 8. The van der Waals surface area contributed by atoms with E-state index in [9.17, 15) is 0 Å². The number of halogens is 1. The average molecular weight is 485 g/mol. The largest absolute Gasteiger partial charge is 0.334 e. The van der Waals surface area contributed by atoms with Crippen molar-refractivity contribution >= 4 is 23.6 Å². The minimum absolute atomic E-state index is 0. The molecule has 0 aromatic carbocycles. The van der Waals surface area contributed by atoms with E-state index in [2.05, 4.69) is 50.0 Å². The van der Waals surface area contributed by atoms with Crippen LogP contribution in [-0.2, 0) is 0 Å². The van der Waals surface area contributed by atoms with Gasteiger partial charge >= 0.3 is 0 Å². The van der Waals surface area contributed by atoms with Gasteiger partial charge in [0, 0.05) is 46.6 Å². The highest BCUT2D eigenvalue weighted by Gasteiger charge is 2.43. The Kier molecular flexibility index (Phi) is 5.66. The molecular formula is C25H33ClN6O2. The van der Waals surface area contributed by atoms with Gasteiger partial charge in [0.05, 0.1) is 0 Å². The summed E-state index contributed by atoms with van der Waals surface area (Å²) in [5.41, 5.74) is 2.50. The number of fused-ring (bicyclic) bond motifs is 4. The summed E-state index contributed by atoms with van der Waals surface area (Å²) in [5, 5.41) is 15.5. The van der Waals surface area contributed by atoms with E-state index in [1.807, 2.05) is 0 Å². The first-order valence-electron chi connectivity index (χ1n) is 12.8. The van der Waals surface area contributed by atoms with Crippen LogP contribution in [0.3, 0.4) is 0 Å². The first-order chi connectivity index (χ1) is 16.1. The van der Waals surface area contributed by atoms with Crippen molar-refractivity contribution < 1.29 is 9.05 Å². The smallest absolute Gasteiger partial charge is 0.255 e. The van der Waals surface area contributed by atoms with Gasteiger partial charge in [0.15, 0.2) is 11.6 Å². The number of rotatable bonds is 4. The maximum atomic E-state index is 5.45. The van der Waals surface area contributed by atoms with Crippen molar-refractivity contribution in [2.24, 2.45) is 0 Å². The minimum atomic E-state index is 0. The highest BCUT2D eigenvalue weighted by molar-refractivity contribution is 5.85. The van der Waals surface area contributed by atoms with Crippen LogP contribution in [0, 0.1) is 0 Å². The van der Waals surface area contributed by atoms with E-state index in [-0.39, 0.29) is 17.9 Å². The first-order valence-corrected chi connectivity index (χ1v) is 12.8. The number of nitrogens with zero attached hydrogens (tertiary/aromatic N) is 4. The second-order valence-electron chi connectivity index (χ2n) is 10.9. The summed E-state index contributed by atoms with van der Waals surface area (Å²) in [7, 11) is 0. The zero-order valence-electron chi connectivity index (χ0n) is 19.6. The van der Waals surface area contributed by atoms with Crippen LogP contribution in [0.4, 0.5) is 0 Å². The van der Waals surface area contributed by atoms with Crippen molar-refractivity contribution in [3.05, 3.63) is 35.6 Å². The van der Waals surface area contributed by atoms with Gasteiger partial charge in [-0.05, 0) is 71.1 Å². The molecule has 6 heterocycles. The van der Waals surface area contributed by atoms with Crippen LogP contribution in [-0.4, -0.2) is 43.9 Å². The van der Waals surface area contributed by atoms with Crippen LogP contribution < -0.4 is 10.6 Å². The molecule has 4 aliphatic heterocycles. The van der Waals surface area contributed by atoms with Gasteiger partial charge in [0.2, 0.25) is 0 Å². The summed E-state index contributed by atoms with van der Waals surface area (Å²) < 4.78 is 10.8. The monoisotopic (exact) mass is 484 g/mol. The Morgan fingerprint density at radius 3 is 2.24 bits per heavy atom. The molecule has 2 aliphatic carbocycles. The lowest BCUT2D eigenvalue weighted by Gasteiger charge is -2.30. The Bertz CT molecular complexity index is 1120. The summed E-state index contributed by atoms with van der Waals surface area (Å²) in [4.78, 5) is 9.10. The molecule has 0 amide bonds. The summed E-state index contributed by atoms with van der Waals surface area (Å²) in [6, 6.07) is 1.78. The maximum absolute atomic E-state index is 5.45. The third-order valence-corrected chi connectivity index (χ3v) is 8.20. The molecule has 4 atom stereocenters. The van der Waals surface area contributed by atoms with Gasteiger partial charge in [-0.3, -0.25) is 0 Å². The van der Waals surface area contributed by atoms with E-state index in [1.165, 1.54) is 62.5 Å². The van der Waals surface area contributed by atoms with Crippen molar-refractivity contribution in [2.45, 2.75) is 107 Å². The molecular weight excluding hydrogens is 452 g/mol. The average Bonchev–Trinajstić information content (AvgIpc) is 3.70. The molecule has 4 unspecified atom stereocenters. The Morgan fingerprint density at radius 1 is 0.824 bits per heavy atom. The molecule has 2 saturated carbocycles. The molecule has 182 valence electrons. The molecule has 6 aliphatic rings. The van der Waals surface area contributed by atoms with Gasteiger partial charge < -0.3 is 19.7 Å². The quantitative estimate of drug-likeness (QED) is 0.653. The summed E-state index contributed by atoms with van der Waals surface area (Å²) in [6.45, 7) is 2.25. The Morgan fingerprint density at radius 2 is 1.50 bits per heavy atom. The van der Waals surface area contributed by atoms with E-state index in [0.29, 0.717) is 30.0 Å². The van der Waals surface area contributed by atoms with Crippen LogP contribution in [0.25, 0.3) is 11.1 Å². The second kappa shape index (κ2) is 8.57. The SMILES string of the molecule is C1=C(c2nc(C3CC3)no2)C2CCC(C1)N2.CC12CCC(CC=C1c1nc(C3CC3)no1)N2.Cl.